The van der Waals surface area contributed by atoms with Crippen molar-refractivity contribution in [2.24, 2.45) is 0 Å². The number of benzene rings is 3. The highest BCUT2D eigenvalue weighted by Gasteiger charge is 2.21. The number of hydrogen-bond acceptors (Lipinski definition) is 5. The molecule has 2 heterocycles. The smallest absolute Gasteiger partial charge is 0.287 e. The van der Waals surface area contributed by atoms with E-state index < -0.39 is 0 Å². The van der Waals surface area contributed by atoms with Crippen LogP contribution in [0.2, 0.25) is 0 Å². The molecule has 6 heteroatoms. The molecule has 0 saturated heterocycles. The number of aromatic nitrogens is 1. The van der Waals surface area contributed by atoms with Gasteiger partial charge in [-0.05, 0) is 30.3 Å². The highest BCUT2D eigenvalue weighted by Crippen LogP contribution is 2.28. The quantitative estimate of drug-likeness (QED) is 0.396. The zero-order valence-corrected chi connectivity index (χ0v) is 16.8. The number of nitrogens with one attached hydrogen (secondary N) is 1. The summed E-state index contributed by atoms with van der Waals surface area (Å²) >= 11 is 1.57. The largest absolute Gasteiger partial charge is 0.489 e. The molecule has 148 valence electrons. The number of carbonyl (C=O) groups is 1. The summed E-state index contributed by atoms with van der Waals surface area (Å²) in [5, 5.41) is 4.66. The van der Waals surface area contributed by atoms with E-state index in [0.29, 0.717) is 12.1 Å². The van der Waals surface area contributed by atoms with Crippen LogP contribution >= 0.6 is 11.3 Å². The summed E-state index contributed by atoms with van der Waals surface area (Å²) in [4.78, 5) is 17.5. The first-order valence-corrected chi connectivity index (χ1v) is 10.4. The van der Waals surface area contributed by atoms with Crippen LogP contribution in [0, 0.1) is 0 Å². The van der Waals surface area contributed by atoms with Crippen molar-refractivity contribution < 1.29 is 13.9 Å². The Kier molecular flexibility index (Phi) is 4.91. The number of fused-ring (bicyclic) bond motifs is 2. The van der Waals surface area contributed by atoms with E-state index in [1.807, 2.05) is 78.9 Å². The van der Waals surface area contributed by atoms with Crippen LogP contribution in [0.4, 0.5) is 0 Å². The molecule has 0 spiro atoms. The fourth-order valence-corrected chi connectivity index (χ4v) is 4.24. The van der Waals surface area contributed by atoms with Gasteiger partial charge in [0.15, 0.2) is 5.76 Å². The van der Waals surface area contributed by atoms with E-state index in [1.54, 1.807) is 11.3 Å². The highest BCUT2D eigenvalue weighted by atomic mass is 32.1. The van der Waals surface area contributed by atoms with Gasteiger partial charge in [0.1, 0.15) is 22.9 Å². The minimum Gasteiger partial charge on any atom is -0.489 e. The molecule has 0 aliphatic heterocycles. The third-order valence-electron chi connectivity index (χ3n) is 4.77. The molecule has 3 aromatic carbocycles. The third-order valence-corrected chi connectivity index (χ3v) is 5.81. The maximum absolute atomic E-state index is 13.0. The van der Waals surface area contributed by atoms with E-state index in [9.17, 15) is 4.79 Å². The summed E-state index contributed by atoms with van der Waals surface area (Å²) < 4.78 is 12.9. The molecule has 0 aliphatic rings. The zero-order chi connectivity index (χ0) is 20.3. The summed E-state index contributed by atoms with van der Waals surface area (Å²) in [5.41, 5.74) is 2.33. The topological polar surface area (TPSA) is 64.4 Å². The van der Waals surface area contributed by atoms with E-state index in [-0.39, 0.29) is 18.3 Å². The fraction of sp³-hybridized carbons (Fsp3) is 0.0833. The number of amides is 1. The lowest BCUT2D eigenvalue weighted by molar-refractivity contribution is 0.0922. The van der Waals surface area contributed by atoms with Gasteiger partial charge in [0, 0.05) is 10.9 Å². The van der Waals surface area contributed by atoms with E-state index in [1.165, 1.54) is 0 Å². The van der Waals surface area contributed by atoms with Gasteiger partial charge >= 0.3 is 0 Å². The van der Waals surface area contributed by atoms with Crippen LogP contribution in [0.1, 0.15) is 21.1 Å². The maximum atomic E-state index is 13.0. The average molecular weight is 414 g/mol. The Morgan fingerprint density at radius 2 is 1.73 bits per heavy atom. The molecular formula is C24H18N2O3S. The predicted molar refractivity (Wildman–Crippen MR) is 118 cm³/mol. The molecule has 1 amide bonds. The van der Waals surface area contributed by atoms with Crippen LogP contribution in [0.3, 0.4) is 0 Å². The van der Waals surface area contributed by atoms with Crippen molar-refractivity contribution in [3.63, 3.8) is 0 Å². The van der Waals surface area contributed by atoms with Crippen LogP contribution in [0.15, 0.2) is 83.3 Å². The van der Waals surface area contributed by atoms with Gasteiger partial charge in [-0.2, -0.15) is 0 Å². The SMILES string of the molecule is O=C(NCc1nc2ccccc2s1)c1oc2ccccc2c1COc1ccccc1. The summed E-state index contributed by atoms with van der Waals surface area (Å²) in [6.45, 7) is 0.582. The molecule has 2 aromatic heterocycles. The Bertz CT molecular complexity index is 1290. The van der Waals surface area contributed by atoms with E-state index in [0.717, 1.165) is 31.9 Å². The molecule has 0 atom stereocenters. The van der Waals surface area contributed by atoms with Crippen LogP contribution in [-0.2, 0) is 13.2 Å². The van der Waals surface area contributed by atoms with Crippen molar-refractivity contribution in [3.05, 3.63) is 95.2 Å². The number of carbonyl (C=O) groups excluding carboxylic acids is 1. The molecule has 0 unspecified atom stereocenters. The molecule has 1 N–H and O–H groups in total. The molecule has 0 saturated carbocycles. The minimum absolute atomic E-state index is 0.241. The third kappa shape index (κ3) is 3.65. The van der Waals surface area contributed by atoms with Crippen molar-refractivity contribution in [1.82, 2.24) is 10.3 Å². The Morgan fingerprint density at radius 3 is 2.60 bits per heavy atom. The Hall–Kier alpha value is -3.64. The van der Waals surface area contributed by atoms with Gasteiger partial charge in [-0.1, -0.05) is 48.5 Å². The average Bonchev–Trinajstić information content (AvgIpc) is 3.38. The normalized spacial score (nSPS) is 11.1. The van der Waals surface area contributed by atoms with Crippen molar-refractivity contribution in [2.45, 2.75) is 13.2 Å². The number of hydrogen-bond donors (Lipinski definition) is 1. The summed E-state index contributed by atoms with van der Waals surface area (Å²) in [7, 11) is 0. The van der Waals surface area contributed by atoms with Crippen molar-refractivity contribution in [1.29, 1.82) is 0 Å². The zero-order valence-electron chi connectivity index (χ0n) is 16.0. The first-order valence-electron chi connectivity index (χ1n) is 9.59. The van der Waals surface area contributed by atoms with Crippen LogP contribution in [-0.4, -0.2) is 10.9 Å². The second kappa shape index (κ2) is 8.00. The highest BCUT2D eigenvalue weighted by molar-refractivity contribution is 7.18. The lowest BCUT2D eigenvalue weighted by Gasteiger charge is -2.07. The van der Waals surface area contributed by atoms with Gasteiger partial charge in [-0.3, -0.25) is 4.79 Å². The summed E-state index contributed by atoms with van der Waals surface area (Å²) in [5.74, 6) is 0.731. The number of para-hydroxylation sites is 3. The predicted octanol–water partition coefficient (Wildman–Crippen LogP) is 5.55. The minimum atomic E-state index is -0.280. The molecule has 5 rings (SSSR count). The maximum Gasteiger partial charge on any atom is 0.287 e. The number of ether oxygens (including phenoxy) is 1. The molecule has 30 heavy (non-hydrogen) atoms. The molecule has 5 nitrogen and oxygen atoms in total. The van der Waals surface area contributed by atoms with Gasteiger partial charge in [-0.25, -0.2) is 4.98 Å². The van der Waals surface area contributed by atoms with Crippen molar-refractivity contribution >= 4 is 38.4 Å². The molecule has 0 bridgehead atoms. The van der Waals surface area contributed by atoms with Gasteiger partial charge in [0.2, 0.25) is 0 Å². The van der Waals surface area contributed by atoms with Crippen LogP contribution < -0.4 is 10.1 Å². The van der Waals surface area contributed by atoms with Gasteiger partial charge < -0.3 is 14.5 Å². The van der Waals surface area contributed by atoms with E-state index in [2.05, 4.69) is 10.3 Å². The lowest BCUT2D eigenvalue weighted by Crippen LogP contribution is -2.23. The summed E-state index contributed by atoms with van der Waals surface area (Å²) in [6.07, 6.45) is 0. The van der Waals surface area contributed by atoms with Gasteiger partial charge in [-0.15, -0.1) is 11.3 Å². The molecule has 0 radical (unpaired) electrons. The van der Waals surface area contributed by atoms with E-state index >= 15 is 0 Å². The fourth-order valence-electron chi connectivity index (χ4n) is 3.33. The standard InChI is InChI=1S/C24H18N2O3S/c27-24(25-14-22-26-19-11-5-7-13-21(19)30-22)23-18(15-28-16-8-2-1-3-9-16)17-10-4-6-12-20(17)29-23/h1-13H,14-15H2,(H,25,27). The molecule has 0 fully saturated rings. The first kappa shape index (κ1) is 18.4. The van der Waals surface area contributed by atoms with Gasteiger partial charge in [0.25, 0.3) is 5.91 Å². The first-order chi connectivity index (χ1) is 14.8. The Balaban J connectivity index is 1.38. The van der Waals surface area contributed by atoms with Crippen LogP contribution in [0.5, 0.6) is 5.75 Å². The molecular weight excluding hydrogens is 396 g/mol. The Morgan fingerprint density at radius 1 is 0.967 bits per heavy atom. The van der Waals surface area contributed by atoms with Gasteiger partial charge in [0.05, 0.1) is 16.8 Å². The number of thiazole rings is 1. The second-order valence-corrected chi connectivity index (χ2v) is 7.88. The lowest BCUT2D eigenvalue weighted by atomic mass is 10.1. The Labute approximate surface area is 176 Å². The number of rotatable bonds is 6. The van der Waals surface area contributed by atoms with Crippen LogP contribution in [0.25, 0.3) is 21.2 Å². The van der Waals surface area contributed by atoms with Crippen molar-refractivity contribution in [2.75, 3.05) is 0 Å². The number of furan rings is 1. The van der Waals surface area contributed by atoms with Crippen molar-refractivity contribution in [3.8, 4) is 5.75 Å². The molecule has 5 aromatic rings. The second-order valence-electron chi connectivity index (χ2n) is 6.77. The van der Waals surface area contributed by atoms with E-state index in [4.69, 9.17) is 9.15 Å². The number of nitrogens with zero attached hydrogens (tertiary/aromatic N) is 1. The summed E-state index contributed by atoms with van der Waals surface area (Å²) in [6, 6.07) is 25.1. The molecule has 0 aliphatic carbocycles. The monoisotopic (exact) mass is 414 g/mol.